The third-order valence-electron chi connectivity index (χ3n) is 7.08. The Labute approximate surface area is 220 Å². The lowest BCUT2D eigenvalue weighted by Gasteiger charge is -2.39. The molecule has 1 saturated carbocycles. The van der Waals surface area contributed by atoms with Crippen molar-refractivity contribution in [2.24, 2.45) is 10.9 Å². The van der Waals surface area contributed by atoms with Crippen LogP contribution in [0.15, 0.2) is 35.6 Å². The van der Waals surface area contributed by atoms with Gasteiger partial charge >= 0.3 is 6.09 Å². The van der Waals surface area contributed by atoms with Gasteiger partial charge in [0.15, 0.2) is 15.7 Å². The number of halogens is 2. The number of amides is 1. The van der Waals surface area contributed by atoms with Crippen molar-refractivity contribution >= 4 is 33.7 Å². The normalized spacial score (nSPS) is 23.1. The number of benzene rings is 1. The summed E-state index contributed by atoms with van der Waals surface area (Å²) < 4.78 is 60.1. The molecule has 1 aromatic heterocycles. The fourth-order valence-corrected chi connectivity index (χ4v) is 6.40. The highest BCUT2D eigenvalue weighted by molar-refractivity contribution is 7.93. The van der Waals surface area contributed by atoms with Crippen LogP contribution in [-0.2, 0) is 15.4 Å². The topological polar surface area (TPSA) is 131 Å². The SMILES string of the molecule is CC1(c2cc(/C=C(\F)c3cnc(OCC4CCCC4)cn3)ccc2F)CS(=O)(=O)C(C)(C)C(NC(=O)O)=N1. The third kappa shape index (κ3) is 5.69. The molecule has 204 valence electrons. The second kappa shape index (κ2) is 10.4. The van der Waals surface area contributed by atoms with Crippen molar-refractivity contribution in [3.8, 4) is 5.88 Å². The minimum absolute atomic E-state index is 0.0525. The van der Waals surface area contributed by atoms with E-state index in [9.17, 15) is 22.7 Å². The smallest absolute Gasteiger partial charge is 0.410 e. The summed E-state index contributed by atoms with van der Waals surface area (Å²) in [6.07, 6.45) is 6.84. The van der Waals surface area contributed by atoms with Gasteiger partial charge in [-0.1, -0.05) is 18.9 Å². The standard InChI is InChI=1S/C26H30F2N4O5S/c1-25(2)23(31-24(33)34)32-26(3,15-38(25,35)36)18-10-17(8-9-19(18)27)11-20(28)21-12-30-22(13-29-21)37-14-16-6-4-5-7-16/h8-13,16H,4-7,14-15H2,1-3H3,(H,31,32)(H,33,34)/b20-11-. The number of aromatic nitrogens is 2. The lowest BCUT2D eigenvalue weighted by atomic mass is 9.91. The lowest BCUT2D eigenvalue weighted by Crippen LogP contribution is -2.57. The summed E-state index contributed by atoms with van der Waals surface area (Å²) >= 11 is 0. The Hall–Kier alpha value is -3.41. The molecule has 9 nitrogen and oxygen atoms in total. The molecule has 2 aromatic rings. The highest BCUT2D eigenvalue weighted by Gasteiger charge is 2.50. The van der Waals surface area contributed by atoms with Crippen LogP contribution >= 0.6 is 0 Å². The van der Waals surface area contributed by atoms with Crippen molar-refractivity contribution < 1.29 is 31.8 Å². The number of amidine groups is 1. The first-order chi connectivity index (χ1) is 17.8. The van der Waals surface area contributed by atoms with Crippen LogP contribution in [0.2, 0.25) is 0 Å². The maximum absolute atomic E-state index is 15.0. The van der Waals surface area contributed by atoms with E-state index >= 15 is 4.39 Å². The second-order valence-electron chi connectivity index (χ2n) is 10.4. The molecule has 1 aliphatic carbocycles. The van der Waals surface area contributed by atoms with E-state index in [1.165, 1.54) is 58.1 Å². The molecule has 1 amide bonds. The Morgan fingerprint density at radius 1 is 1.21 bits per heavy atom. The van der Waals surface area contributed by atoms with Crippen molar-refractivity contribution in [2.75, 3.05) is 12.4 Å². The number of nitrogens with one attached hydrogen (secondary N) is 1. The lowest BCUT2D eigenvalue weighted by molar-refractivity contribution is 0.199. The molecule has 2 aliphatic rings. The molecule has 2 N–H and O–H groups in total. The Balaban J connectivity index is 1.61. The predicted octanol–water partition coefficient (Wildman–Crippen LogP) is 4.74. The first kappa shape index (κ1) is 27.6. The quantitative estimate of drug-likeness (QED) is 0.533. The zero-order chi connectivity index (χ0) is 27.7. The zero-order valence-electron chi connectivity index (χ0n) is 21.4. The molecule has 1 atom stereocenters. The van der Waals surface area contributed by atoms with Crippen LogP contribution in [0.3, 0.4) is 0 Å². The van der Waals surface area contributed by atoms with Gasteiger partial charge in [-0.2, -0.15) is 0 Å². The molecule has 1 aliphatic heterocycles. The number of hydrogen-bond acceptors (Lipinski definition) is 7. The minimum Gasteiger partial charge on any atom is -0.476 e. The molecular formula is C26H30F2N4O5S. The maximum Gasteiger partial charge on any atom is 0.410 e. The second-order valence-corrected chi connectivity index (χ2v) is 12.9. The van der Waals surface area contributed by atoms with Gasteiger partial charge in [-0.15, -0.1) is 0 Å². The molecule has 0 bridgehead atoms. The average Bonchev–Trinajstić information content (AvgIpc) is 3.36. The van der Waals surface area contributed by atoms with E-state index in [4.69, 9.17) is 4.74 Å². The van der Waals surface area contributed by atoms with E-state index in [1.54, 1.807) is 0 Å². The third-order valence-corrected chi connectivity index (χ3v) is 9.77. The molecular weight excluding hydrogens is 518 g/mol. The summed E-state index contributed by atoms with van der Waals surface area (Å²) in [7, 11) is -3.96. The van der Waals surface area contributed by atoms with E-state index in [1.807, 2.05) is 5.32 Å². The molecule has 0 spiro atoms. The van der Waals surface area contributed by atoms with E-state index in [0.717, 1.165) is 25.0 Å². The molecule has 4 rings (SSSR count). The summed E-state index contributed by atoms with van der Waals surface area (Å²) in [6, 6.07) is 3.70. The predicted molar refractivity (Wildman–Crippen MR) is 139 cm³/mol. The van der Waals surface area contributed by atoms with E-state index in [0.29, 0.717) is 18.4 Å². The first-order valence-electron chi connectivity index (χ1n) is 12.3. The van der Waals surface area contributed by atoms with Gasteiger partial charge in [0, 0.05) is 5.56 Å². The molecule has 1 fully saturated rings. The van der Waals surface area contributed by atoms with Crippen LogP contribution < -0.4 is 10.1 Å². The summed E-state index contributed by atoms with van der Waals surface area (Å²) in [5.74, 6) is -1.60. The molecule has 38 heavy (non-hydrogen) atoms. The first-order valence-corrected chi connectivity index (χ1v) is 13.9. The average molecular weight is 549 g/mol. The van der Waals surface area contributed by atoms with Gasteiger partial charge in [-0.25, -0.2) is 32.0 Å². The fourth-order valence-electron chi connectivity index (χ4n) is 4.69. The summed E-state index contributed by atoms with van der Waals surface area (Å²) in [5.41, 5.74) is -1.60. The number of carboxylic acid groups (broad SMARTS) is 1. The minimum atomic E-state index is -3.96. The number of carbonyl (C=O) groups is 1. The van der Waals surface area contributed by atoms with Gasteiger partial charge in [0.05, 0.1) is 24.8 Å². The van der Waals surface area contributed by atoms with Crippen LogP contribution in [0.25, 0.3) is 11.9 Å². The van der Waals surface area contributed by atoms with E-state index < -0.39 is 43.6 Å². The van der Waals surface area contributed by atoms with Gasteiger partial charge in [-0.3, -0.25) is 10.3 Å². The number of aliphatic imine (C=N–C) groups is 1. The van der Waals surface area contributed by atoms with Crippen molar-refractivity contribution in [1.29, 1.82) is 0 Å². The molecule has 2 heterocycles. The maximum atomic E-state index is 15.0. The number of ether oxygens (including phenoxy) is 1. The van der Waals surface area contributed by atoms with Crippen LogP contribution in [-0.4, -0.2) is 52.5 Å². The molecule has 0 radical (unpaired) electrons. The number of rotatable bonds is 6. The Bertz CT molecular complexity index is 1390. The largest absolute Gasteiger partial charge is 0.476 e. The summed E-state index contributed by atoms with van der Waals surface area (Å²) in [4.78, 5) is 23.8. The molecule has 1 aromatic carbocycles. The summed E-state index contributed by atoms with van der Waals surface area (Å²) in [6.45, 7) is 4.59. The van der Waals surface area contributed by atoms with Gasteiger partial charge in [0.25, 0.3) is 0 Å². The van der Waals surface area contributed by atoms with E-state index in [-0.39, 0.29) is 22.7 Å². The monoisotopic (exact) mass is 548 g/mol. The van der Waals surface area contributed by atoms with E-state index in [2.05, 4.69) is 15.0 Å². The number of hydrogen-bond donors (Lipinski definition) is 2. The van der Waals surface area contributed by atoms with Crippen LogP contribution in [0.5, 0.6) is 5.88 Å². The van der Waals surface area contributed by atoms with Crippen LogP contribution in [0.4, 0.5) is 13.6 Å². The van der Waals surface area contributed by atoms with Crippen LogP contribution in [0.1, 0.15) is 63.3 Å². The van der Waals surface area contributed by atoms with Gasteiger partial charge in [0.1, 0.15) is 27.6 Å². The molecule has 0 saturated heterocycles. The highest BCUT2D eigenvalue weighted by atomic mass is 32.2. The van der Waals surface area contributed by atoms with Crippen molar-refractivity contribution in [3.63, 3.8) is 0 Å². The molecule has 12 heteroatoms. The summed E-state index contributed by atoms with van der Waals surface area (Å²) in [5, 5.41) is 11.2. The number of sulfone groups is 1. The Morgan fingerprint density at radius 2 is 1.92 bits per heavy atom. The number of nitrogens with zero attached hydrogens (tertiary/aromatic N) is 3. The van der Waals surface area contributed by atoms with Gasteiger partial charge < -0.3 is 9.84 Å². The highest BCUT2D eigenvalue weighted by Crippen LogP contribution is 2.39. The molecule has 1 unspecified atom stereocenters. The Kier molecular flexibility index (Phi) is 7.55. The van der Waals surface area contributed by atoms with Crippen molar-refractivity contribution in [3.05, 3.63) is 53.2 Å². The van der Waals surface area contributed by atoms with Crippen molar-refractivity contribution in [1.82, 2.24) is 15.3 Å². The van der Waals surface area contributed by atoms with Crippen molar-refractivity contribution in [2.45, 2.75) is 56.7 Å². The van der Waals surface area contributed by atoms with Gasteiger partial charge in [-0.05, 0) is 63.3 Å². The fraction of sp³-hybridized carbons (Fsp3) is 0.462. The Morgan fingerprint density at radius 3 is 2.55 bits per heavy atom. The van der Waals surface area contributed by atoms with Crippen LogP contribution in [0, 0.1) is 11.7 Å². The van der Waals surface area contributed by atoms with Gasteiger partial charge in [0.2, 0.25) is 5.88 Å². The zero-order valence-corrected chi connectivity index (χ0v) is 22.2.